The maximum Gasteiger partial charge on any atom is 0.0701 e. The molecule has 1 atom stereocenters. The smallest absolute Gasteiger partial charge is 0.0701 e. The Morgan fingerprint density at radius 3 is 0.822 bits per heavy atom. The highest BCUT2D eigenvalue weighted by Gasteiger charge is 1.99. The molecule has 9 heteroatoms. The molecule has 0 bridgehead atoms. The predicted molar refractivity (Wildman–Crippen MR) is 183 cm³/mol. The summed E-state index contributed by atoms with van der Waals surface area (Å²) in [6.07, 6.45) is 19.0. The third-order valence-electron chi connectivity index (χ3n) is 7.47. The number of rotatable bonds is 41. The molecular weight excluding hydrogens is 576 g/mol. The van der Waals surface area contributed by atoms with E-state index in [9.17, 15) is 0 Å². The molecule has 0 N–H and O–H groups in total. The van der Waals surface area contributed by atoms with Gasteiger partial charge in [-0.1, -0.05) is 104 Å². The average molecular weight is 651 g/mol. The minimum Gasteiger partial charge on any atom is -0.379 e. The van der Waals surface area contributed by atoms with Gasteiger partial charge in [0, 0.05) is 13.2 Å². The Kier molecular flexibility index (Phi) is 41.3. The highest BCUT2D eigenvalue weighted by molar-refractivity contribution is 4.49. The van der Waals surface area contributed by atoms with Crippen molar-refractivity contribution in [2.45, 2.75) is 111 Å². The summed E-state index contributed by atoms with van der Waals surface area (Å²) in [6, 6.07) is 0. The molecule has 0 radical (unpaired) electrons. The molecule has 0 aromatic carbocycles. The number of hydrogen-bond donors (Lipinski definition) is 0. The molecule has 0 heterocycles. The van der Waals surface area contributed by atoms with Crippen molar-refractivity contribution < 1.29 is 42.6 Å². The van der Waals surface area contributed by atoms with E-state index in [1.165, 1.54) is 77.0 Å². The first-order valence-electron chi connectivity index (χ1n) is 18.5. The van der Waals surface area contributed by atoms with Crippen LogP contribution in [0.5, 0.6) is 0 Å². The third-order valence-corrected chi connectivity index (χ3v) is 7.47. The molecular formula is C36H74O9. The summed E-state index contributed by atoms with van der Waals surface area (Å²) in [4.78, 5) is 0. The standard InChI is InChI=1S/C36H74O9/c1-4-6-7-8-9-10-11-12-13-14-15-16-17-18-37-19-20-38-21-22-39-23-24-40-25-26-41-27-28-42-29-30-43-31-32-44-33-34-45-35-36(3)5-2/h36H,4-35H2,1-3H3. The quantitative estimate of drug-likeness (QED) is 0.0635. The van der Waals surface area contributed by atoms with Crippen LogP contribution in [-0.4, -0.2) is 119 Å². The van der Waals surface area contributed by atoms with E-state index < -0.39 is 0 Å². The molecule has 0 aliphatic rings. The average Bonchev–Trinajstić information content (AvgIpc) is 3.05. The largest absolute Gasteiger partial charge is 0.379 e. The van der Waals surface area contributed by atoms with Crippen molar-refractivity contribution in [1.29, 1.82) is 0 Å². The zero-order valence-electron chi connectivity index (χ0n) is 29.9. The first kappa shape index (κ1) is 44.6. The van der Waals surface area contributed by atoms with Crippen LogP contribution in [0.15, 0.2) is 0 Å². The second-order valence-corrected chi connectivity index (χ2v) is 11.7. The van der Waals surface area contributed by atoms with Gasteiger partial charge in [-0.15, -0.1) is 0 Å². The Balaban J connectivity index is 3.04. The van der Waals surface area contributed by atoms with E-state index in [0.29, 0.717) is 112 Å². The van der Waals surface area contributed by atoms with Crippen LogP contribution in [0.1, 0.15) is 111 Å². The van der Waals surface area contributed by atoms with E-state index >= 15 is 0 Å². The monoisotopic (exact) mass is 651 g/mol. The van der Waals surface area contributed by atoms with Gasteiger partial charge in [-0.25, -0.2) is 0 Å². The van der Waals surface area contributed by atoms with Gasteiger partial charge in [0.05, 0.1) is 106 Å². The van der Waals surface area contributed by atoms with Crippen molar-refractivity contribution in [3.63, 3.8) is 0 Å². The van der Waals surface area contributed by atoms with Crippen molar-refractivity contribution in [3.8, 4) is 0 Å². The van der Waals surface area contributed by atoms with Crippen LogP contribution in [0.2, 0.25) is 0 Å². The highest BCUT2D eigenvalue weighted by Crippen LogP contribution is 2.12. The third kappa shape index (κ3) is 41.6. The Morgan fingerprint density at radius 2 is 0.533 bits per heavy atom. The summed E-state index contributed by atoms with van der Waals surface area (Å²) >= 11 is 0. The summed E-state index contributed by atoms with van der Waals surface area (Å²) in [5.41, 5.74) is 0. The highest BCUT2D eigenvalue weighted by atomic mass is 16.6. The summed E-state index contributed by atoms with van der Waals surface area (Å²) in [6.45, 7) is 17.5. The van der Waals surface area contributed by atoms with E-state index in [4.69, 9.17) is 42.6 Å². The van der Waals surface area contributed by atoms with Gasteiger partial charge in [0.2, 0.25) is 0 Å². The second-order valence-electron chi connectivity index (χ2n) is 11.7. The van der Waals surface area contributed by atoms with Crippen LogP contribution >= 0.6 is 0 Å². The summed E-state index contributed by atoms with van der Waals surface area (Å²) in [7, 11) is 0. The van der Waals surface area contributed by atoms with Crippen LogP contribution in [0.25, 0.3) is 0 Å². The topological polar surface area (TPSA) is 83.1 Å². The van der Waals surface area contributed by atoms with E-state index in [1.54, 1.807) is 0 Å². The van der Waals surface area contributed by atoms with Gasteiger partial charge in [0.25, 0.3) is 0 Å². The Bertz CT molecular complexity index is 513. The Labute approximate surface area is 278 Å². The maximum atomic E-state index is 5.67. The van der Waals surface area contributed by atoms with Crippen LogP contribution in [0, 0.1) is 5.92 Å². The molecule has 1 unspecified atom stereocenters. The van der Waals surface area contributed by atoms with E-state index in [2.05, 4.69) is 20.8 Å². The van der Waals surface area contributed by atoms with Gasteiger partial charge < -0.3 is 42.6 Å². The Morgan fingerprint density at radius 1 is 0.289 bits per heavy atom. The molecule has 45 heavy (non-hydrogen) atoms. The van der Waals surface area contributed by atoms with Crippen molar-refractivity contribution >= 4 is 0 Å². The molecule has 0 aromatic heterocycles. The van der Waals surface area contributed by atoms with Gasteiger partial charge in [-0.2, -0.15) is 0 Å². The maximum absolute atomic E-state index is 5.67. The fraction of sp³-hybridized carbons (Fsp3) is 1.00. The van der Waals surface area contributed by atoms with Gasteiger partial charge in [-0.05, 0) is 12.3 Å². The molecule has 272 valence electrons. The molecule has 0 aromatic rings. The molecule has 0 aliphatic carbocycles. The van der Waals surface area contributed by atoms with E-state index in [1.807, 2.05) is 0 Å². The van der Waals surface area contributed by atoms with Crippen molar-refractivity contribution in [2.75, 3.05) is 119 Å². The molecule has 0 saturated heterocycles. The van der Waals surface area contributed by atoms with Crippen molar-refractivity contribution in [1.82, 2.24) is 0 Å². The first-order valence-corrected chi connectivity index (χ1v) is 18.5. The van der Waals surface area contributed by atoms with Gasteiger partial charge in [-0.3, -0.25) is 0 Å². The van der Waals surface area contributed by atoms with Crippen LogP contribution < -0.4 is 0 Å². The van der Waals surface area contributed by atoms with Crippen molar-refractivity contribution in [2.24, 2.45) is 5.92 Å². The fourth-order valence-corrected chi connectivity index (χ4v) is 4.38. The lowest BCUT2D eigenvalue weighted by atomic mass is 10.0. The van der Waals surface area contributed by atoms with Crippen LogP contribution in [0.4, 0.5) is 0 Å². The lowest BCUT2D eigenvalue weighted by molar-refractivity contribution is -0.0255. The molecule has 0 aliphatic heterocycles. The second kappa shape index (κ2) is 41.7. The van der Waals surface area contributed by atoms with Gasteiger partial charge in [0.1, 0.15) is 0 Å². The lowest BCUT2D eigenvalue weighted by Gasteiger charge is -2.10. The summed E-state index contributed by atoms with van der Waals surface area (Å²) < 4.78 is 49.8. The summed E-state index contributed by atoms with van der Waals surface area (Å²) in [5, 5.41) is 0. The minimum atomic E-state index is 0.542. The van der Waals surface area contributed by atoms with E-state index in [0.717, 1.165) is 26.1 Å². The van der Waals surface area contributed by atoms with Gasteiger partial charge >= 0.3 is 0 Å². The number of unbranched alkanes of at least 4 members (excludes halogenated alkanes) is 12. The number of hydrogen-bond acceptors (Lipinski definition) is 9. The Hall–Kier alpha value is -0.360. The predicted octanol–water partition coefficient (Wildman–Crippen LogP) is 7.27. The van der Waals surface area contributed by atoms with Crippen LogP contribution in [0.3, 0.4) is 0 Å². The first-order chi connectivity index (χ1) is 22.3. The molecule has 9 nitrogen and oxygen atoms in total. The molecule has 0 spiro atoms. The molecule has 0 saturated carbocycles. The molecule has 0 amide bonds. The minimum absolute atomic E-state index is 0.542. The molecule has 0 rings (SSSR count). The normalized spacial score (nSPS) is 12.3. The lowest BCUT2D eigenvalue weighted by Crippen LogP contribution is -2.15. The van der Waals surface area contributed by atoms with Crippen molar-refractivity contribution in [3.05, 3.63) is 0 Å². The zero-order chi connectivity index (χ0) is 32.6. The van der Waals surface area contributed by atoms with Crippen LogP contribution in [-0.2, 0) is 42.6 Å². The van der Waals surface area contributed by atoms with Gasteiger partial charge in [0.15, 0.2) is 0 Å². The number of ether oxygens (including phenoxy) is 9. The molecule has 0 fully saturated rings. The van der Waals surface area contributed by atoms with E-state index in [-0.39, 0.29) is 0 Å². The SMILES string of the molecule is CCCCCCCCCCCCCCCOCCOCCOCCOCCOCCOCCOCCOCCOCC(C)CC. The summed E-state index contributed by atoms with van der Waals surface area (Å²) in [5.74, 6) is 0.605. The zero-order valence-corrected chi connectivity index (χ0v) is 29.9. The fourth-order valence-electron chi connectivity index (χ4n) is 4.38.